The molecule has 0 aliphatic heterocycles. The molecule has 0 spiro atoms. The average Bonchev–Trinajstić information content (AvgIpc) is 3.00. The van der Waals surface area contributed by atoms with Crippen molar-refractivity contribution in [2.45, 2.75) is 77.6 Å². The zero-order chi connectivity index (χ0) is 40.2. The monoisotopic (exact) mass is 742 g/mol. The molecule has 3 rings (SSSR count). The summed E-state index contributed by atoms with van der Waals surface area (Å²) in [6, 6.07) is 20.8. The number of rotatable bonds is 8. The van der Waals surface area contributed by atoms with E-state index in [1.807, 2.05) is 12.1 Å². The summed E-state index contributed by atoms with van der Waals surface area (Å²) in [4.78, 5) is 42.4. The first kappa shape index (κ1) is 45.1. The lowest BCUT2D eigenvalue weighted by molar-refractivity contribution is -0.366. The number of carboxylic acids is 2. The Morgan fingerprint density at radius 1 is 0.558 bits per heavy atom. The van der Waals surface area contributed by atoms with Crippen LogP contribution < -0.4 is 32.3 Å². The van der Waals surface area contributed by atoms with Crippen LogP contribution in [-0.2, 0) is 30.0 Å². The number of carboxylic acid groups (broad SMARTS) is 2. The molecule has 0 heterocycles. The van der Waals surface area contributed by atoms with Crippen molar-refractivity contribution in [3.05, 3.63) is 71.8 Å². The van der Waals surface area contributed by atoms with Gasteiger partial charge in [-0.3, -0.25) is 9.59 Å². The number of nitrogens with one attached hydrogen (secondary N) is 2. The van der Waals surface area contributed by atoms with Crippen molar-refractivity contribution >= 4 is 35.1 Å². The van der Waals surface area contributed by atoms with Gasteiger partial charge in [-0.05, 0) is 57.3 Å². The summed E-state index contributed by atoms with van der Waals surface area (Å²) in [5.74, 6) is -6.09. The van der Waals surface area contributed by atoms with E-state index in [9.17, 15) is 35.9 Å². The molecular formula is C36H44F6N4O6. The van der Waals surface area contributed by atoms with E-state index in [2.05, 4.69) is 112 Å². The highest BCUT2D eigenvalue weighted by Crippen LogP contribution is 2.37. The predicted molar refractivity (Wildman–Crippen MR) is 179 cm³/mol. The number of halogens is 6. The summed E-state index contributed by atoms with van der Waals surface area (Å²) in [6.07, 6.45) is -9.63. The van der Waals surface area contributed by atoms with E-state index >= 15 is 0 Å². The second-order valence-corrected chi connectivity index (χ2v) is 13.5. The molecule has 2 amide bonds. The highest BCUT2D eigenvalue weighted by molar-refractivity contribution is 5.97. The van der Waals surface area contributed by atoms with Crippen LogP contribution >= 0.6 is 0 Å². The normalized spacial score (nSPS) is 11.7. The average molecular weight is 743 g/mol. The Bertz CT molecular complexity index is 1570. The van der Waals surface area contributed by atoms with Crippen LogP contribution in [-0.4, -0.2) is 49.2 Å². The third-order valence-electron chi connectivity index (χ3n) is 7.10. The van der Waals surface area contributed by atoms with Crippen LogP contribution in [0.15, 0.2) is 60.7 Å². The Kier molecular flexibility index (Phi) is 16.0. The van der Waals surface area contributed by atoms with Gasteiger partial charge in [0.15, 0.2) is 0 Å². The molecule has 0 radical (unpaired) electrons. The van der Waals surface area contributed by atoms with Gasteiger partial charge in [-0.15, -0.1) is 0 Å². The zero-order valence-corrected chi connectivity index (χ0v) is 29.7. The zero-order valence-electron chi connectivity index (χ0n) is 29.7. The Balaban J connectivity index is 0.000000812. The lowest BCUT2D eigenvalue weighted by Gasteiger charge is -2.23. The molecule has 10 nitrogen and oxygen atoms in total. The lowest BCUT2D eigenvalue weighted by Crippen LogP contribution is -2.51. The van der Waals surface area contributed by atoms with Crippen LogP contribution in [0.5, 0.6) is 0 Å². The smallest absolute Gasteiger partial charge is 0.430 e. The van der Waals surface area contributed by atoms with E-state index < -0.39 is 24.3 Å². The molecule has 0 aromatic heterocycles. The van der Waals surface area contributed by atoms with Gasteiger partial charge in [0.05, 0.1) is 25.9 Å². The topological polar surface area (TPSA) is 194 Å². The fraction of sp³-hybridized carbons (Fsp3) is 0.389. The first-order valence-corrected chi connectivity index (χ1v) is 15.9. The van der Waals surface area contributed by atoms with E-state index in [-0.39, 0.29) is 22.6 Å². The Morgan fingerprint density at radius 3 is 1.04 bits per heavy atom. The quantitative estimate of drug-likeness (QED) is 0.256. The summed E-state index contributed by atoms with van der Waals surface area (Å²) in [6.45, 7) is 14.2. The van der Waals surface area contributed by atoms with Crippen LogP contribution in [0.25, 0.3) is 22.3 Å². The third kappa shape index (κ3) is 14.7. The predicted octanol–water partition coefficient (Wildman–Crippen LogP) is 3.35. The maximum absolute atomic E-state index is 12.4. The molecule has 0 aliphatic rings. The van der Waals surface area contributed by atoms with Gasteiger partial charge in [-0.1, -0.05) is 77.9 Å². The Hall–Kier alpha value is -4.96. The number of quaternary nitrogens is 2. The molecule has 0 fully saturated rings. The number of carbonyl (C=O) groups excluding carboxylic acids is 4. The van der Waals surface area contributed by atoms with E-state index in [0.717, 1.165) is 33.6 Å². The molecule has 0 atom stereocenters. The van der Waals surface area contributed by atoms with Crippen LogP contribution in [0.1, 0.15) is 65.5 Å². The highest BCUT2D eigenvalue weighted by Gasteiger charge is 2.29. The first-order valence-electron chi connectivity index (χ1n) is 15.9. The molecule has 0 aliphatic carbocycles. The van der Waals surface area contributed by atoms with E-state index in [0.29, 0.717) is 25.9 Å². The second kappa shape index (κ2) is 18.5. The van der Waals surface area contributed by atoms with Crippen molar-refractivity contribution in [1.29, 1.82) is 0 Å². The molecule has 8 N–H and O–H groups in total. The van der Waals surface area contributed by atoms with Gasteiger partial charge < -0.3 is 41.9 Å². The van der Waals surface area contributed by atoms with Crippen LogP contribution in [0, 0.1) is 0 Å². The lowest BCUT2D eigenvalue weighted by atomic mass is 9.84. The maximum atomic E-state index is 12.4. The fourth-order valence-electron chi connectivity index (χ4n) is 4.29. The minimum Gasteiger partial charge on any atom is -0.542 e. The van der Waals surface area contributed by atoms with E-state index in [1.54, 1.807) is 0 Å². The van der Waals surface area contributed by atoms with Crippen LogP contribution in [0.2, 0.25) is 0 Å². The molecule has 0 saturated heterocycles. The summed E-state index contributed by atoms with van der Waals surface area (Å²) in [7, 11) is 0. The van der Waals surface area contributed by atoms with Gasteiger partial charge in [0.1, 0.15) is 11.9 Å². The van der Waals surface area contributed by atoms with Crippen LogP contribution in [0.4, 0.5) is 37.7 Å². The molecule has 286 valence electrons. The number of aliphatic carboxylic acids is 2. The van der Waals surface area contributed by atoms with Gasteiger partial charge in [0, 0.05) is 22.5 Å². The van der Waals surface area contributed by atoms with Crippen molar-refractivity contribution in [3.8, 4) is 22.3 Å². The number of amides is 2. The van der Waals surface area contributed by atoms with Crippen molar-refractivity contribution in [1.82, 2.24) is 0 Å². The van der Waals surface area contributed by atoms with Crippen LogP contribution in [0.3, 0.4) is 0 Å². The molecule has 3 aromatic rings. The minimum absolute atomic E-state index is 0.0287. The Labute approximate surface area is 297 Å². The maximum Gasteiger partial charge on any atom is 0.430 e. The SMILES string of the molecule is CC(C)(C)c1ccc(NC(=O)CC[NH3+])c(-c2ccc(-c3cc(C(C)(C)C)ccc3NC(=O)CC[NH3+])cc2)c1.O=C([O-])C(F)(F)F.O=C([O-])C(F)(F)F. The number of hydrogen-bond acceptors (Lipinski definition) is 6. The number of anilines is 2. The van der Waals surface area contributed by atoms with Crippen molar-refractivity contribution in [2.75, 3.05) is 23.7 Å². The summed E-state index contributed by atoms with van der Waals surface area (Å²) in [5, 5.41) is 23.7. The number of carbonyl (C=O) groups is 4. The molecule has 16 heteroatoms. The molecule has 3 aromatic carbocycles. The van der Waals surface area contributed by atoms with E-state index in [4.69, 9.17) is 19.8 Å². The van der Waals surface area contributed by atoms with E-state index in [1.165, 1.54) is 11.1 Å². The van der Waals surface area contributed by atoms with Crippen molar-refractivity contribution < 1.29 is 67.2 Å². The van der Waals surface area contributed by atoms with Gasteiger partial charge in [0.2, 0.25) is 11.8 Å². The summed E-state index contributed by atoms with van der Waals surface area (Å²) >= 11 is 0. The van der Waals surface area contributed by atoms with Crippen molar-refractivity contribution in [3.63, 3.8) is 0 Å². The Morgan fingerprint density at radius 2 is 0.827 bits per heavy atom. The molecule has 0 bridgehead atoms. The van der Waals surface area contributed by atoms with Gasteiger partial charge in [0.25, 0.3) is 0 Å². The van der Waals surface area contributed by atoms with Gasteiger partial charge in [-0.2, -0.15) is 26.3 Å². The fourth-order valence-corrected chi connectivity index (χ4v) is 4.29. The highest BCUT2D eigenvalue weighted by atomic mass is 19.4. The molecule has 0 saturated carbocycles. The number of alkyl halides is 6. The second-order valence-electron chi connectivity index (χ2n) is 13.5. The molecule has 0 unspecified atom stereocenters. The first-order chi connectivity index (χ1) is 23.7. The molecule has 52 heavy (non-hydrogen) atoms. The number of hydrogen-bond donors (Lipinski definition) is 4. The number of benzene rings is 3. The summed E-state index contributed by atoms with van der Waals surface area (Å²) in [5.41, 5.74) is 15.5. The van der Waals surface area contributed by atoms with Gasteiger partial charge in [-0.25, -0.2) is 0 Å². The largest absolute Gasteiger partial charge is 0.542 e. The van der Waals surface area contributed by atoms with Crippen molar-refractivity contribution in [2.24, 2.45) is 0 Å². The molecular weight excluding hydrogens is 698 g/mol. The minimum atomic E-state index is -5.19. The van der Waals surface area contributed by atoms with Gasteiger partial charge >= 0.3 is 12.4 Å². The third-order valence-corrected chi connectivity index (χ3v) is 7.10. The summed E-state index contributed by atoms with van der Waals surface area (Å²) < 4.78 is 63.1. The standard InChI is InChI=1S/C32H42N4O2.2C2HF3O2/c1-31(2,3)23-11-13-27(35-29(37)15-17-33)25(19-23)21-7-9-22(10-8-21)26-20-24(32(4,5)6)12-14-28(26)36-30(38)16-18-34;2*3-2(4,5)1(6)7/h7-14,19-20H,15-18,33-34H2,1-6H3,(H,35,37)(H,36,38);2*(H,6,7).